The van der Waals surface area contributed by atoms with E-state index in [4.69, 9.17) is 15.9 Å². The molecule has 2 heterocycles. The number of amides is 1. The smallest absolute Gasteiger partial charge is 0.321 e. The van der Waals surface area contributed by atoms with Gasteiger partial charge in [0.05, 0.1) is 0 Å². The van der Waals surface area contributed by atoms with Gasteiger partial charge in [0.2, 0.25) is 0 Å². The molecule has 0 aliphatic heterocycles. The zero-order valence-corrected chi connectivity index (χ0v) is 13.9. The van der Waals surface area contributed by atoms with Crippen molar-refractivity contribution in [3.8, 4) is 11.8 Å². The molecule has 0 atom stereocenters. The number of carbonyl (C=O) groups is 1. The Bertz CT molecular complexity index is 959. The molecule has 0 spiro atoms. The molecule has 8 nitrogen and oxygen atoms in total. The molecule has 3 rings (SSSR count). The van der Waals surface area contributed by atoms with Gasteiger partial charge in [-0.1, -0.05) is 6.07 Å². The summed E-state index contributed by atoms with van der Waals surface area (Å²) in [5.41, 5.74) is 7.73. The Morgan fingerprint density at radius 2 is 2.00 bits per heavy atom. The van der Waals surface area contributed by atoms with Crippen LogP contribution in [0.1, 0.15) is 21.6 Å². The first-order chi connectivity index (χ1) is 12.6. The van der Waals surface area contributed by atoms with Crippen LogP contribution < -0.4 is 15.8 Å². The topological polar surface area (TPSA) is 127 Å². The van der Waals surface area contributed by atoms with Crippen LogP contribution in [0, 0.1) is 12.3 Å². The van der Waals surface area contributed by atoms with Crippen molar-refractivity contribution in [3.63, 3.8) is 0 Å². The summed E-state index contributed by atoms with van der Waals surface area (Å²) in [6, 6.07) is 10.2. The van der Waals surface area contributed by atoms with Gasteiger partial charge in [-0.05, 0) is 36.8 Å². The van der Waals surface area contributed by atoms with Crippen LogP contribution in [0.3, 0.4) is 0 Å². The highest BCUT2D eigenvalue weighted by molar-refractivity contribution is 6.03. The first-order valence-electron chi connectivity index (χ1n) is 7.70. The predicted octanol–water partition coefficient (Wildman–Crippen LogP) is 2.80. The maximum absolute atomic E-state index is 12.4. The molecule has 0 fully saturated rings. The van der Waals surface area contributed by atoms with E-state index in [1.54, 1.807) is 36.7 Å². The fraction of sp³-hybridized carbons (Fsp3) is 0.0556. The zero-order valence-electron chi connectivity index (χ0n) is 13.9. The number of aryl methyl sites for hydroxylation is 1. The molecular weight excluding hydrogens is 332 g/mol. The van der Waals surface area contributed by atoms with Crippen LogP contribution in [0.15, 0.2) is 48.8 Å². The van der Waals surface area contributed by atoms with Gasteiger partial charge in [0.1, 0.15) is 17.3 Å². The Balaban J connectivity index is 1.79. The van der Waals surface area contributed by atoms with E-state index in [1.165, 1.54) is 6.07 Å². The van der Waals surface area contributed by atoms with Crippen molar-refractivity contribution in [3.05, 3.63) is 65.6 Å². The number of ether oxygens (including phenoxy) is 1. The van der Waals surface area contributed by atoms with Crippen molar-refractivity contribution in [1.29, 1.82) is 5.41 Å². The number of carbonyl (C=O) groups excluding carboxylic acids is 1. The monoisotopic (exact) mass is 348 g/mol. The predicted molar refractivity (Wildman–Crippen MR) is 97.8 cm³/mol. The Morgan fingerprint density at radius 1 is 1.23 bits per heavy atom. The number of rotatable bonds is 5. The molecule has 4 N–H and O–H groups in total. The summed E-state index contributed by atoms with van der Waals surface area (Å²) in [5.74, 6) is 0.237. The molecule has 0 radical (unpaired) electrons. The molecule has 1 aromatic carbocycles. The van der Waals surface area contributed by atoms with E-state index >= 15 is 0 Å². The average Bonchev–Trinajstić information content (AvgIpc) is 2.65. The second-order valence-electron chi connectivity index (χ2n) is 5.38. The number of nitrogen functional groups attached to an aromatic ring is 1. The third-order valence-corrected chi connectivity index (χ3v) is 3.53. The van der Waals surface area contributed by atoms with Gasteiger partial charge >= 0.3 is 6.01 Å². The highest BCUT2D eigenvalue weighted by Crippen LogP contribution is 2.26. The van der Waals surface area contributed by atoms with Crippen LogP contribution in [0.25, 0.3) is 0 Å². The number of aromatic nitrogens is 3. The summed E-state index contributed by atoms with van der Waals surface area (Å²) < 4.78 is 5.65. The number of anilines is 2. The van der Waals surface area contributed by atoms with Crippen molar-refractivity contribution in [2.75, 3.05) is 11.1 Å². The van der Waals surface area contributed by atoms with Crippen molar-refractivity contribution in [2.45, 2.75) is 6.92 Å². The lowest BCUT2D eigenvalue weighted by atomic mass is 10.2. The van der Waals surface area contributed by atoms with Crippen molar-refractivity contribution in [1.82, 2.24) is 15.0 Å². The number of hydrogen-bond acceptors (Lipinski definition) is 7. The van der Waals surface area contributed by atoms with Crippen molar-refractivity contribution in [2.24, 2.45) is 0 Å². The summed E-state index contributed by atoms with van der Waals surface area (Å²) in [7, 11) is 0. The van der Waals surface area contributed by atoms with Gasteiger partial charge in [0.15, 0.2) is 0 Å². The summed E-state index contributed by atoms with van der Waals surface area (Å²) in [6.45, 7) is 1.88. The number of benzene rings is 1. The van der Waals surface area contributed by atoms with Gasteiger partial charge in [-0.25, -0.2) is 15.0 Å². The minimum absolute atomic E-state index is 0.127. The van der Waals surface area contributed by atoms with Crippen LogP contribution in [-0.4, -0.2) is 27.1 Å². The Morgan fingerprint density at radius 3 is 2.69 bits per heavy atom. The third kappa shape index (κ3) is 3.81. The van der Waals surface area contributed by atoms with E-state index in [0.29, 0.717) is 17.0 Å². The molecule has 130 valence electrons. The van der Waals surface area contributed by atoms with Crippen LogP contribution in [0.2, 0.25) is 0 Å². The molecule has 26 heavy (non-hydrogen) atoms. The molecule has 0 unspecified atom stereocenters. The van der Waals surface area contributed by atoms with Gasteiger partial charge in [0, 0.05) is 35.9 Å². The van der Waals surface area contributed by atoms with Gasteiger partial charge in [-0.3, -0.25) is 4.79 Å². The second kappa shape index (κ2) is 7.39. The molecule has 0 bridgehead atoms. The lowest BCUT2D eigenvalue weighted by Crippen LogP contribution is -2.15. The quantitative estimate of drug-likeness (QED) is 0.608. The highest BCUT2D eigenvalue weighted by atomic mass is 16.5. The summed E-state index contributed by atoms with van der Waals surface area (Å²) in [5, 5.41) is 9.95. The number of nitrogens with zero attached hydrogens (tertiary/aromatic N) is 3. The first-order valence-corrected chi connectivity index (χ1v) is 7.70. The Labute approximate surface area is 149 Å². The minimum Gasteiger partial charge on any atom is -0.424 e. The number of nitrogens with one attached hydrogen (secondary N) is 2. The molecule has 0 aliphatic carbocycles. The Hall–Kier alpha value is -3.81. The van der Waals surface area contributed by atoms with Gasteiger partial charge in [-0.2, -0.15) is 0 Å². The Kier molecular flexibility index (Phi) is 4.84. The maximum atomic E-state index is 12.4. The fourth-order valence-electron chi connectivity index (χ4n) is 2.15. The molecule has 1 amide bonds. The molecule has 0 saturated heterocycles. The van der Waals surface area contributed by atoms with Crippen molar-refractivity contribution < 1.29 is 9.53 Å². The van der Waals surface area contributed by atoms with Crippen LogP contribution >= 0.6 is 0 Å². The molecule has 3 aromatic rings. The van der Waals surface area contributed by atoms with E-state index in [2.05, 4.69) is 20.3 Å². The lowest BCUT2D eigenvalue weighted by Gasteiger charge is -2.10. The largest absolute Gasteiger partial charge is 0.424 e. The van der Waals surface area contributed by atoms with Crippen molar-refractivity contribution >= 4 is 23.6 Å². The highest BCUT2D eigenvalue weighted by Gasteiger charge is 2.12. The molecular formula is C18H16N6O2. The standard InChI is InChI=1S/C18H16N6O2/c1-11-3-5-13(9-15(11)26-18-21-7-2-8-22-18)23-17(25)14-6-4-12(10-19)16(20)24-14/h2-10,19H,1H3,(H2,20,24)(H,23,25). The van der Waals surface area contributed by atoms with E-state index in [0.717, 1.165) is 11.8 Å². The van der Waals surface area contributed by atoms with Gasteiger partial charge in [0.25, 0.3) is 5.91 Å². The lowest BCUT2D eigenvalue weighted by molar-refractivity contribution is 0.102. The number of hydrogen-bond donors (Lipinski definition) is 3. The van der Waals surface area contributed by atoms with E-state index in [9.17, 15) is 4.79 Å². The zero-order chi connectivity index (χ0) is 18.5. The average molecular weight is 348 g/mol. The van der Waals surface area contributed by atoms with Gasteiger partial charge < -0.3 is 21.2 Å². The molecule has 2 aromatic heterocycles. The molecule has 8 heteroatoms. The van der Waals surface area contributed by atoms with Crippen LogP contribution in [0.5, 0.6) is 11.8 Å². The first kappa shape index (κ1) is 17.0. The summed E-state index contributed by atoms with van der Waals surface area (Å²) in [6.07, 6.45) is 4.24. The number of nitrogens with two attached hydrogens (primary N) is 1. The SMILES string of the molecule is Cc1ccc(NC(=O)c2ccc(C=N)c(N)n2)cc1Oc1ncccn1. The van der Waals surface area contributed by atoms with E-state index in [-0.39, 0.29) is 17.5 Å². The third-order valence-electron chi connectivity index (χ3n) is 3.53. The fourth-order valence-corrected chi connectivity index (χ4v) is 2.15. The molecule has 0 aliphatic rings. The maximum Gasteiger partial charge on any atom is 0.321 e. The van der Waals surface area contributed by atoms with Gasteiger partial charge in [-0.15, -0.1) is 0 Å². The number of pyridine rings is 1. The minimum atomic E-state index is -0.418. The summed E-state index contributed by atoms with van der Waals surface area (Å²) >= 11 is 0. The second-order valence-corrected chi connectivity index (χ2v) is 5.38. The van der Waals surface area contributed by atoms with Crippen LogP contribution in [-0.2, 0) is 0 Å². The van der Waals surface area contributed by atoms with Crippen LogP contribution in [0.4, 0.5) is 11.5 Å². The normalized spacial score (nSPS) is 10.2. The van der Waals surface area contributed by atoms with E-state index < -0.39 is 5.91 Å². The molecule has 0 saturated carbocycles. The summed E-state index contributed by atoms with van der Waals surface area (Å²) in [4.78, 5) is 24.4. The van der Waals surface area contributed by atoms with E-state index in [1.807, 2.05) is 13.0 Å².